The summed E-state index contributed by atoms with van der Waals surface area (Å²) in [7, 11) is 0. The third-order valence-corrected chi connectivity index (χ3v) is 2.42. The van der Waals surface area contributed by atoms with Crippen molar-refractivity contribution in [3.05, 3.63) is 35.4 Å². The number of fused-ring (bicyclic) bond motifs is 1. The quantitative estimate of drug-likeness (QED) is 0.703. The van der Waals surface area contributed by atoms with Crippen molar-refractivity contribution < 1.29 is 9.47 Å². The van der Waals surface area contributed by atoms with Crippen molar-refractivity contribution in [2.75, 3.05) is 6.79 Å². The van der Waals surface area contributed by atoms with Crippen LogP contribution in [0.5, 0.6) is 11.5 Å². The molecule has 1 aromatic rings. The Labute approximate surface area is 90.5 Å². The molecule has 0 fully saturated rings. The van der Waals surface area contributed by atoms with Crippen molar-refractivity contribution in [1.82, 2.24) is 0 Å². The van der Waals surface area contributed by atoms with Gasteiger partial charge in [0.2, 0.25) is 6.79 Å². The van der Waals surface area contributed by atoms with Crippen molar-refractivity contribution in [2.45, 2.75) is 26.7 Å². The number of rotatable bonds is 3. The highest BCUT2D eigenvalue weighted by molar-refractivity contribution is 5.44. The molecule has 0 saturated carbocycles. The molecule has 2 rings (SSSR count). The normalized spacial score (nSPS) is 12.7. The zero-order chi connectivity index (χ0) is 10.7. The molecular weight excluding hydrogens is 188 g/mol. The summed E-state index contributed by atoms with van der Waals surface area (Å²) in [6.07, 6.45) is 4.40. The molecule has 0 aliphatic carbocycles. The van der Waals surface area contributed by atoms with Gasteiger partial charge >= 0.3 is 0 Å². The molecule has 2 heteroatoms. The second-order valence-corrected chi connectivity index (χ2v) is 4.01. The van der Waals surface area contributed by atoms with Gasteiger partial charge in [-0.05, 0) is 44.4 Å². The van der Waals surface area contributed by atoms with E-state index in [4.69, 9.17) is 9.47 Å². The number of hydrogen-bond donors (Lipinski definition) is 0. The maximum absolute atomic E-state index is 5.33. The molecule has 0 unspecified atom stereocenters. The lowest BCUT2D eigenvalue weighted by Crippen LogP contribution is -1.92. The molecular formula is C13H16O2. The van der Waals surface area contributed by atoms with E-state index in [1.807, 2.05) is 6.07 Å². The molecule has 1 aliphatic heterocycles. The lowest BCUT2D eigenvalue weighted by Gasteiger charge is -2.01. The Kier molecular flexibility index (Phi) is 2.95. The van der Waals surface area contributed by atoms with Crippen molar-refractivity contribution in [1.29, 1.82) is 0 Å². The van der Waals surface area contributed by atoms with E-state index < -0.39 is 0 Å². The van der Waals surface area contributed by atoms with Gasteiger partial charge in [-0.25, -0.2) is 0 Å². The van der Waals surface area contributed by atoms with E-state index >= 15 is 0 Å². The molecule has 0 saturated heterocycles. The zero-order valence-corrected chi connectivity index (χ0v) is 9.25. The largest absolute Gasteiger partial charge is 0.454 e. The van der Waals surface area contributed by atoms with E-state index in [2.05, 4.69) is 32.1 Å². The monoisotopic (exact) mass is 204 g/mol. The molecule has 1 aliphatic rings. The fourth-order valence-corrected chi connectivity index (χ4v) is 1.62. The Bertz CT molecular complexity index is 376. The number of allylic oxidation sites excluding steroid dienone is 2. The standard InChI is InChI=1S/C13H16O2/c1-10(2)4-3-5-11-6-7-12-13(8-11)15-9-14-12/h4,6-8H,3,5,9H2,1-2H3. The molecule has 0 radical (unpaired) electrons. The number of hydrogen-bond acceptors (Lipinski definition) is 2. The molecule has 0 atom stereocenters. The fraction of sp³-hybridized carbons (Fsp3) is 0.385. The molecule has 0 N–H and O–H groups in total. The van der Waals surface area contributed by atoms with Gasteiger partial charge in [-0.3, -0.25) is 0 Å². The van der Waals surface area contributed by atoms with Crippen LogP contribution < -0.4 is 9.47 Å². The summed E-state index contributed by atoms with van der Waals surface area (Å²) in [5, 5.41) is 0. The first-order valence-electron chi connectivity index (χ1n) is 5.27. The van der Waals surface area contributed by atoms with Crippen LogP contribution in [0.4, 0.5) is 0 Å². The van der Waals surface area contributed by atoms with E-state index in [0.717, 1.165) is 24.3 Å². The molecule has 0 spiro atoms. The lowest BCUT2D eigenvalue weighted by molar-refractivity contribution is 0.174. The summed E-state index contributed by atoms with van der Waals surface area (Å²) in [6, 6.07) is 6.16. The number of benzene rings is 1. The minimum atomic E-state index is 0.354. The molecule has 80 valence electrons. The summed E-state index contributed by atoms with van der Waals surface area (Å²) >= 11 is 0. The Morgan fingerprint density at radius 1 is 1.27 bits per heavy atom. The highest BCUT2D eigenvalue weighted by Gasteiger charge is 2.12. The fourth-order valence-electron chi connectivity index (χ4n) is 1.62. The highest BCUT2D eigenvalue weighted by atomic mass is 16.7. The Balaban J connectivity index is 2.01. The maximum atomic E-state index is 5.33. The Morgan fingerprint density at radius 2 is 2.07 bits per heavy atom. The van der Waals surface area contributed by atoms with Crippen LogP contribution in [0.3, 0.4) is 0 Å². The lowest BCUT2D eigenvalue weighted by atomic mass is 10.1. The minimum Gasteiger partial charge on any atom is -0.454 e. The van der Waals surface area contributed by atoms with Gasteiger partial charge in [-0.1, -0.05) is 17.7 Å². The minimum absolute atomic E-state index is 0.354. The third-order valence-electron chi connectivity index (χ3n) is 2.42. The van der Waals surface area contributed by atoms with Crippen molar-refractivity contribution in [3.8, 4) is 11.5 Å². The molecule has 0 aromatic heterocycles. The van der Waals surface area contributed by atoms with Crippen LogP contribution in [0.2, 0.25) is 0 Å². The smallest absolute Gasteiger partial charge is 0.231 e. The molecule has 1 aromatic carbocycles. The van der Waals surface area contributed by atoms with Gasteiger partial charge in [0.15, 0.2) is 11.5 Å². The number of aryl methyl sites for hydroxylation is 1. The van der Waals surface area contributed by atoms with Crippen LogP contribution in [0, 0.1) is 0 Å². The summed E-state index contributed by atoms with van der Waals surface area (Å²) in [5.74, 6) is 1.74. The molecule has 15 heavy (non-hydrogen) atoms. The van der Waals surface area contributed by atoms with Crippen LogP contribution in [0.1, 0.15) is 25.8 Å². The second kappa shape index (κ2) is 4.39. The first-order valence-corrected chi connectivity index (χ1v) is 5.27. The third kappa shape index (κ3) is 2.52. The SMILES string of the molecule is CC(C)=CCCc1ccc2c(c1)OCO2. The molecule has 0 amide bonds. The maximum Gasteiger partial charge on any atom is 0.231 e. The molecule has 2 nitrogen and oxygen atoms in total. The van der Waals surface area contributed by atoms with Crippen LogP contribution in [0.25, 0.3) is 0 Å². The van der Waals surface area contributed by atoms with Crippen LogP contribution in [-0.2, 0) is 6.42 Å². The van der Waals surface area contributed by atoms with Gasteiger partial charge < -0.3 is 9.47 Å². The van der Waals surface area contributed by atoms with Crippen LogP contribution in [0.15, 0.2) is 29.8 Å². The van der Waals surface area contributed by atoms with Crippen molar-refractivity contribution >= 4 is 0 Å². The van der Waals surface area contributed by atoms with E-state index in [1.165, 1.54) is 11.1 Å². The van der Waals surface area contributed by atoms with Gasteiger partial charge in [0, 0.05) is 0 Å². The van der Waals surface area contributed by atoms with Gasteiger partial charge in [0.1, 0.15) is 0 Å². The van der Waals surface area contributed by atoms with E-state index in [-0.39, 0.29) is 0 Å². The van der Waals surface area contributed by atoms with Gasteiger partial charge in [-0.2, -0.15) is 0 Å². The van der Waals surface area contributed by atoms with Crippen LogP contribution >= 0.6 is 0 Å². The first kappa shape index (κ1) is 10.1. The summed E-state index contributed by atoms with van der Waals surface area (Å²) in [6.45, 7) is 4.60. The van der Waals surface area contributed by atoms with E-state index in [9.17, 15) is 0 Å². The van der Waals surface area contributed by atoms with E-state index in [0.29, 0.717) is 6.79 Å². The number of ether oxygens (including phenoxy) is 2. The average Bonchev–Trinajstić information content (AvgIpc) is 2.64. The van der Waals surface area contributed by atoms with Crippen molar-refractivity contribution in [3.63, 3.8) is 0 Å². The van der Waals surface area contributed by atoms with Gasteiger partial charge in [0.05, 0.1) is 0 Å². The Morgan fingerprint density at radius 3 is 2.87 bits per heavy atom. The summed E-state index contributed by atoms with van der Waals surface area (Å²) in [4.78, 5) is 0. The first-order chi connectivity index (χ1) is 7.25. The Hall–Kier alpha value is -1.44. The molecule has 1 heterocycles. The zero-order valence-electron chi connectivity index (χ0n) is 9.25. The average molecular weight is 204 g/mol. The van der Waals surface area contributed by atoms with E-state index in [1.54, 1.807) is 0 Å². The van der Waals surface area contributed by atoms with Gasteiger partial charge in [-0.15, -0.1) is 0 Å². The predicted octanol–water partition coefficient (Wildman–Crippen LogP) is 3.31. The molecule has 0 bridgehead atoms. The topological polar surface area (TPSA) is 18.5 Å². The van der Waals surface area contributed by atoms with Crippen LogP contribution in [-0.4, -0.2) is 6.79 Å². The highest BCUT2D eigenvalue weighted by Crippen LogP contribution is 2.32. The summed E-state index contributed by atoms with van der Waals surface area (Å²) < 4.78 is 10.6. The second-order valence-electron chi connectivity index (χ2n) is 4.01. The van der Waals surface area contributed by atoms with Gasteiger partial charge in [0.25, 0.3) is 0 Å². The predicted molar refractivity (Wildman–Crippen MR) is 60.3 cm³/mol. The summed E-state index contributed by atoms with van der Waals surface area (Å²) in [5.41, 5.74) is 2.67. The van der Waals surface area contributed by atoms with Crippen molar-refractivity contribution in [2.24, 2.45) is 0 Å².